The van der Waals surface area contributed by atoms with Crippen LogP contribution in [0.1, 0.15) is 18.8 Å². The summed E-state index contributed by atoms with van der Waals surface area (Å²) in [6.45, 7) is -0.773. The molecule has 0 saturated carbocycles. The van der Waals surface area contributed by atoms with Gasteiger partial charge >= 0.3 is 5.97 Å². The number of rotatable bonds is 5. The SMILES string of the molecule is [2H]N([2H])[C@]([2H])(C(=O)O)C([2H])([2H])C([2H])(C)CF. The van der Waals surface area contributed by atoms with Gasteiger partial charge in [0.2, 0.25) is 0 Å². The Hall–Kier alpha value is -0.640. The molecule has 0 rings (SSSR count). The smallest absolute Gasteiger partial charge is 0.320 e. The number of halogens is 1. The predicted molar refractivity (Wildman–Crippen MR) is 35.4 cm³/mol. The third-order valence-corrected chi connectivity index (χ3v) is 0.735. The number of hydrogen-bond donors (Lipinski definition) is 2. The van der Waals surface area contributed by atoms with Crippen LogP contribution >= 0.6 is 0 Å². The quantitative estimate of drug-likeness (QED) is 0.603. The minimum Gasteiger partial charge on any atom is -0.480 e. The Kier molecular flexibility index (Phi) is 1.34. The van der Waals surface area contributed by atoms with Crippen LogP contribution in [0.25, 0.3) is 0 Å². The molecule has 0 aliphatic carbocycles. The highest BCUT2D eigenvalue weighted by molar-refractivity contribution is 5.72. The number of nitrogens with two attached hydrogens (primary N) is 1. The molecule has 0 radical (unpaired) electrons. The second-order valence-corrected chi connectivity index (χ2v) is 1.69. The minimum absolute atomic E-state index is 0.683. The Morgan fingerprint density at radius 2 is 2.80 bits per heavy atom. The first-order chi connectivity index (χ1) is 6.95. The molecule has 4 heteroatoms. The lowest BCUT2D eigenvalue weighted by molar-refractivity contribution is -0.138. The molecule has 0 aliphatic heterocycles. The monoisotopic (exact) mass is 155 g/mol. The largest absolute Gasteiger partial charge is 0.480 e. The molecule has 0 bridgehead atoms. The fraction of sp³-hybridized carbons (Fsp3) is 0.833. The Morgan fingerprint density at radius 3 is 3.10 bits per heavy atom. The van der Waals surface area contributed by atoms with Gasteiger partial charge in [-0.2, -0.15) is 0 Å². The van der Waals surface area contributed by atoms with Crippen molar-refractivity contribution in [2.75, 3.05) is 6.67 Å². The van der Waals surface area contributed by atoms with Crippen molar-refractivity contribution in [1.29, 1.82) is 0 Å². The number of carbonyl (C=O) groups is 1. The molecule has 2 atom stereocenters. The maximum Gasteiger partial charge on any atom is 0.320 e. The molecule has 0 aromatic rings. The van der Waals surface area contributed by atoms with Gasteiger partial charge in [-0.3, -0.25) is 9.18 Å². The van der Waals surface area contributed by atoms with Crippen LogP contribution in [0.3, 0.4) is 0 Å². The maximum atomic E-state index is 12.5. The van der Waals surface area contributed by atoms with Crippen LogP contribution in [-0.4, -0.2) is 23.8 Å². The third kappa shape index (κ3) is 3.40. The lowest BCUT2D eigenvalue weighted by Crippen LogP contribution is -2.32. The standard InChI is InChI=1S/C6H12FNO2/c1-4(3-7)2-5(8)6(9)10/h4-5H,2-3,8H2,1H3,(H,9,10)/t4?,5-/m0/s1/i2D2,4D,5D/hD2. The number of aliphatic carboxylic acids is 1. The number of alkyl halides is 1. The van der Waals surface area contributed by atoms with Crippen LogP contribution in [0.15, 0.2) is 0 Å². The van der Waals surface area contributed by atoms with E-state index in [1.807, 2.05) is 0 Å². The Morgan fingerprint density at radius 1 is 2.20 bits per heavy atom. The summed E-state index contributed by atoms with van der Waals surface area (Å²) in [5, 5.41) is 8.68. The molecule has 0 fully saturated rings. The number of carboxylic acids is 1. The van der Waals surface area contributed by atoms with E-state index in [4.69, 9.17) is 13.4 Å². The summed E-state index contributed by atoms with van der Waals surface area (Å²) in [6.07, 6.45) is -3.25. The van der Waals surface area contributed by atoms with Crippen LogP contribution in [0.4, 0.5) is 4.39 Å². The van der Waals surface area contributed by atoms with Gasteiger partial charge < -0.3 is 10.8 Å². The summed E-state index contributed by atoms with van der Waals surface area (Å²) >= 11 is 0. The van der Waals surface area contributed by atoms with Gasteiger partial charge in [0.05, 0.1) is 8.05 Å². The summed E-state index contributed by atoms with van der Waals surface area (Å²) in [4.78, 5) is 10.8. The molecular weight excluding hydrogens is 137 g/mol. The van der Waals surface area contributed by atoms with E-state index >= 15 is 0 Å². The van der Waals surface area contributed by atoms with Gasteiger partial charge in [-0.15, -0.1) is 0 Å². The zero-order valence-corrected chi connectivity index (χ0v) is 5.39. The molecule has 0 saturated heterocycles. The number of carboxylic acid groups (broad SMARTS) is 1. The topological polar surface area (TPSA) is 63.3 Å². The average molecular weight is 155 g/mol. The molecule has 60 valence electrons. The van der Waals surface area contributed by atoms with Crippen LogP contribution in [0.5, 0.6) is 0 Å². The highest BCUT2D eigenvalue weighted by atomic mass is 19.1. The first-order valence-electron chi connectivity index (χ1n) is 5.42. The Bertz CT molecular complexity index is 286. The second kappa shape index (κ2) is 4.22. The molecule has 3 nitrogen and oxygen atoms in total. The van der Waals surface area contributed by atoms with Crippen molar-refractivity contribution in [3.8, 4) is 0 Å². The van der Waals surface area contributed by atoms with Gasteiger partial charge in [-0.25, -0.2) is 0 Å². The molecule has 0 spiro atoms. The van der Waals surface area contributed by atoms with Crippen molar-refractivity contribution in [3.05, 3.63) is 0 Å². The van der Waals surface area contributed by atoms with Crippen molar-refractivity contribution >= 4 is 5.97 Å². The molecule has 0 aromatic heterocycles. The van der Waals surface area contributed by atoms with E-state index < -0.39 is 36.6 Å². The highest BCUT2D eigenvalue weighted by Crippen LogP contribution is 2.04. The van der Waals surface area contributed by atoms with Crippen LogP contribution in [0.2, 0.25) is 2.82 Å². The van der Waals surface area contributed by atoms with E-state index in [1.165, 1.54) is 0 Å². The highest BCUT2D eigenvalue weighted by Gasteiger charge is 2.14. The van der Waals surface area contributed by atoms with E-state index in [-0.39, 0.29) is 0 Å². The van der Waals surface area contributed by atoms with E-state index in [0.29, 0.717) is 0 Å². The average Bonchev–Trinajstić information content (AvgIpc) is 2.15. The van der Waals surface area contributed by atoms with Crippen molar-refractivity contribution in [1.82, 2.24) is 0 Å². The van der Waals surface area contributed by atoms with Crippen LogP contribution in [-0.2, 0) is 4.79 Å². The summed E-state index contributed by atoms with van der Waals surface area (Å²) in [7, 11) is 0. The van der Waals surface area contributed by atoms with E-state index in [0.717, 1.165) is 6.92 Å². The van der Waals surface area contributed by atoms with Crippen LogP contribution < -0.4 is 5.72 Å². The van der Waals surface area contributed by atoms with Gasteiger partial charge in [0.1, 0.15) is 8.84 Å². The van der Waals surface area contributed by atoms with E-state index in [9.17, 15) is 9.18 Å². The normalized spacial score (nSPS) is 33.1. The third-order valence-electron chi connectivity index (χ3n) is 0.735. The molecule has 10 heavy (non-hydrogen) atoms. The number of hydrogen-bond acceptors (Lipinski definition) is 2. The first-order valence-corrected chi connectivity index (χ1v) is 2.52. The fourth-order valence-corrected chi connectivity index (χ4v) is 0.289. The van der Waals surface area contributed by atoms with Crippen molar-refractivity contribution in [2.24, 2.45) is 11.6 Å². The second-order valence-electron chi connectivity index (χ2n) is 1.69. The summed E-state index contributed by atoms with van der Waals surface area (Å²) in [6, 6.07) is -3.38. The lowest BCUT2D eigenvalue weighted by atomic mass is 10.0. The van der Waals surface area contributed by atoms with Gasteiger partial charge in [0.15, 0.2) is 0 Å². The van der Waals surface area contributed by atoms with Gasteiger partial charge in [0, 0.05) is 4.11 Å². The summed E-state index contributed by atoms with van der Waals surface area (Å²) in [5.41, 5.74) is -0.683. The first kappa shape index (κ1) is 3.17. The van der Waals surface area contributed by atoms with Gasteiger partial charge in [-0.1, -0.05) is 6.92 Å². The zero-order valence-electron chi connectivity index (χ0n) is 11.4. The van der Waals surface area contributed by atoms with Crippen molar-refractivity contribution in [2.45, 2.75) is 19.3 Å². The molecule has 0 amide bonds. The predicted octanol–water partition coefficient (Wildman–Crippen LogP) is 0.394. The Labute approximate surface area is 67.6 Å². The van der Waals surface area contributed by atoms with Crippen LogP contribution in [0, 0.1) is 5.89 Å². The fourth-order valence-electron chi connectivity index (χ4n) is 0.289. The van der Waals surface area contributed by atoms with Crippen molar-refractivity contribution in [3.63, 3.8) is 0 Å². The lowest BCUT2D eigenvalue weighted by Gasteiger charge is -2.09. The summed E-state index contributed by atoms with van der Waals surface area (Å²) in [5.74, 6) is -4.68. The molecule has 1 unspecified atom stereocenters. The molecule has 0 aliphatic rings. The van der Waals surface area contributed by atoms with Gasteiger partial charge in [-0.05, 0) is 12.3 Å². The molecule has 0 heterocycles. The zero-order chi connectivity index (χ0) is 13.4. The minimum atomic E-state index is -3.38. The summed E-state index contributed by atoms with van der Waals surface area (Å²) < 4.78 is 55.2. The van der Waals surface area contributed by atoms with E-state index in [1.54, 1.807) is 0 Å². The molecular formula is C6H12FNO2. The maximum absolute atomic E-state index is 12.5. The molecule has 3 N–H and O–H groups in total. The van der Waals surface area contributed by atoms with Gasteiger partial charge in [0.25, 0.3) is 0 Å². The Balaban J connectivity index is 5.64. The van der Waals surface area contributed by atoms with Crippen molar-refractivity contribution < 1.29 is 22.6 Å². The molecule has 0 aromatic carbocycles. The van der Waals surface area contributed by atoms with E-state index in [2.05, 4.69) is 0 Å².